The number of rotatable bonds is 2. The predicted molar refractivity (Wildman–Crippen MR) is 85.0 cm³/mol. The molecule has 24 heavy (non-hydrogen) atoms. The molecular formula is C19H19F4N. The average Bonchev–Trinajstić information content (AvgIpc) is 2.54. The lowest BCUT2D eigenvalue weighted by Gasteiger charge is -2.26. The molecule has 0 radical (unpaired) electrons. The summed E-state index contributed by atoms with van der Waals surface area (Å²) in [6, 6.07) is 6.64. The minimum absolute atomic E-state index is 0.351. The quantitative estimate of drug-likeness (QED) is 0.595. The van der Waals surface area contributed by atoms with Crippen LogP contribution in [0.4, 0.5) is 17.6 Å². The molecule has 1 heterocycles. The van der Waals surface area contributed by atoms with Crippen molar-refractivity contribution in [3.8, 4) is 11.3 Å². The summed E-state index contributed by atoms with van der Waals surface area (Å²) in [5, 5.41) is 0. The highest BCUT2D eigenvalue weighted by Crippen LogP contribution is 2.36. The Hall–Kier alpha value is -1.91. The van der Waals surface area contributed by atoms with Gasteiger partial charge in [-0.3, -0.25) is 4.98 Å². The van der Waals surface area contributed by atoms with Gasteiger partial charge in [0.05, 0.1) is 11.3 Å². The summed E-state index contributed by atoms with van der Waals surface area (Å²) in [6.07, 6.45) is 1.77. The fraction of sp³-hybridized carbons (Fsp3) is 0.421. The monoisotopic (exact) mass is 337 g/mol. The molecule has 0 amide bonds. The molecule has 1 nitrogen and oxygen atoms in total. The topological polar surface area (TPSA) is 12.9 Å². The summed E-state index contributed by atoms with van der Waals surface area (Å²) in [6.45, 7) is 2.26. The average molecular weight is 337 g/mol. The molecule has 1 aromatic heterocycles. The Bertz CT molecular complexity index is 698. The van der Waals surface area contributed by atoms with E-state index in [0.29, 0.717) is 17.2 Å². The van der Waals surface area contributed by atoms with Crippen LogP contribution >= 0.6 is 0 Å². The first-order valence-electron chi connectivity index (χ1n) is 8.17. The van der Waals surface area contributed by atoms with Crippen molar-refractivity contribution in [2.24, 2.45) is 5.92 Å². The van der Waals surface area contributed by atoms with Gasteiger partial charge in [0.2, 0.25) is 0 Å². The molecule has 1 aromatic carbocycles. The van der Waals surface area contributed by atoms with Crippen molar-refractivity contribution in [1.82, 2.24) is 4.98 Å². The molecule has 0 unspecified atom stereocenters. The van der Waals surface area contributed by atoms with Crippen LogP contribution in [0.15, 0.2) is 36.5 Å². The molecule has 5 heteroatoms. The number of nitrogens with zero attached hydrogens (tertiary/aromatic N) is 1. The molecule has 0 aliphatic heterocycles. The van der Waals surface area contributed by atoms with Crippen molar-refractivity contribution in [3.05, 3.63) is 53.5 Å². The maximum absolute atomic E-state index is 13.7. The van der Waals surface area contributed by atoms with Crippen LogP contribution in [0.1, 0.15) is 49.7 Å². The Labute approximate surface area is 138 Å². The van der Waals surface area contributed by atoms with Crippen molar-refractivity contribution >= 4 is 0 Å². The summed E-state index contributed by atoms with van der Waals surface area (Å²) in [5.74, 6) is -0.0113. The van der Waals surface area contributed by atoms with Crippen LogP contribution < -0.4 is 0 Å². The van der Waals surface area contributed by atoms with Crippen molar-refractivity contribution in [1.29, 1.82) is 0 Å². The Kier molecular flexibility index (Phi) is 4.61. The third-order valence-electron chi connectivity index (χ3n) is 4.84. The zero-order valence-electron chi connectivity index (χ0n) is 13.4. The third kappa shape index (κ3) is 3.60. The van der Waals surface area contributed by atoms with Crippen LogP contribution in [-0.2, 0) is 6.18 Å². The Balaban J connectivity index is 1.80. The molecule has 0 bridgehead atoms. The van der Waals surface area contributed by atoms with E-state index >= 15 is 0 Å². The van der Waals surface area contributed by atoms with Crippen LogP contribution in [0.2, 0.25) is 0 Å². The molecule has 1 aliphatic rings. The smallest absolute Gasteiger partial charge is 0.256 e. The van der Waals surface area contributed by atoms with Crippen LogP contribution in [0.25, 0.3) is 11.3 Å². The Morgan fingerprint density at radius 3 is 2.25 bits per heavy atom. The highest BCUT2D eigenvalue weighted by Gasteiger charge is 2.34. The second-order valence-electron chi connectivity index (χ2n) is 6.63. The van der Waals surface area contributed by atoms with E-state index in [1.165, 1.54) is 18.9 Å². The maximum Gasteiger partial charge on any atom is 0.419 e. The summed E-state index contributed by atoms with van der Waals surface area (Å²) in [5.41, 5.74) is 0.733. The molecule has 128 valence electrons. The second kappa shape index (κ2) is 6.54. The van der Waals surface area contributed by atoms with Gasteiger partial charge in [-0.05, 0) is 48.4 Å². The summed E-state index contributed by atoms with van der Waals surface area (Å²) < 4.78 is 51.5. The van der Waals surface area contributed by atoms with Crippen LogP contribution in [0.3, 0.4) is 0 Å². The Morgan fingerprint density at radius 1 is 1.00 bits per heavy atom. The van der Waals surface area contributed by atoms with Gasteiger partial charge in [-0.2, -0.15) is 13.2 Å². The molecule has 0 atom stereocenters. The van der Waals surface area contributed by atoms with Crippen molar-refractivity contribution in [2.45, 2.75) is 44.7 Å². The van der Waals surface area contributed by atoms with E-state index in [1.807, 2.05) is 6.07 Å². The zero-order chi connectivity index (χ0) is 17.3. The lowest BCUT2D eigenvalue weighted by atomic mass is 9.80. The van der Waals surface area contributed by atoms with E-state index in [9.17, 15) is 17.6 Å². The lowest BCUT2D eigenvalue weighted by molar-refractivity contribution is -0.139. The number of hydrogen-bond donors (Lipinski definition) is 0. The number of alkyl halides is 3. The minimum Gasteiger partial charge on any atom is -0.256 e. The molecule has 0 saturated heterocycles. The molecule has 1 fully saturated rings. The molecule has 1 aliphatic carbocycles. The lowest BCUT2D eigenvalue weighted by Crippen LogP contribution is -2.11. The first-order valence-corrected chi connectivity index (χ1v) is 8.17. The van der Waals surface area contributed by atoms with Gasteiger partial charge in [-0.15, -0.1) is 0 Å². The SMILES string of the molecule is CC1CCC(c2ccc(-c3ccc(C(F)(F)F)c(F)c3)nc2)CC1. The van der Waals surface area contributed by atoms with E-state index in [2.05, 4.69) is 11.9 Å². The number of benzene rings is 1. The van der Waals surface area contributed by atoms with E-state index in [0.717, 1.165) is 36.5 Å². The fourth-order valence-electron chi connectivity index (χ4n) is 3.32. The van der Waals surface area contributed by atoms with Crippen LogP contribution in [-0.4, -0.2) is 4.98 Å². The van der Waals surface area contributed by atoms with Gasteiger partial charge in [-0.25, -0.2) is 4.39 Å². The standard InChI is InChI=1S/C19H19F4N/c1-12-2-4-13(5-3-12)15-7-9-18(24-11-15)14-6-8-16(17(20)10-14)19(21,22)23/h6-13H,2-5H2,1H3. The first kappa shape index (κ1) is 16.9. The third-order valence-corrected chi connectivity index (χ3v) is 4.84. The van der Waals surface area contributed by atoms with E-state index in [-0.39, 0.29) is 0 Å². The fourth-order valence-corrected chi connectivity index (χ4v) is 3.32. The second-order valence-corrected chi connectivity index (χ2v) is 6.63. The van der Waals surface area contributed by atoms with E-state index < -0.39 is 17.6 Å². The number of aromatic nitrogens is 1. The van der Waals surface area contributed by atoms with Crippen molar-refractivity contribution < 1.29 is 17.6 Å². The largest absolute Gasteiger partial charge is 0.419 e. The number of pyridine rings is 1. The zero-order valence-corrected chi connectivity index (χ0v) is 13.4. The molecular weight excluding hydrogens is 318 g/mol. The van der Waals surface area contributed by atoms with Crippen molar-refractivity contribution in [2.75, 3.05) is 0 Å². The molecule has 1 saturated carbocycles. The maximum atomic E-state index is 13.7. The van der Waals surface area contributed by atoms with E-state index in [1.54, 1.807) is 12.3 Å². The highest BCUT2D eigenvalue weighted by molar-refractivity contribution is 5.60. The van der Waals surface area contributed by atoms with Crippen molar-refractivity contribution in [3.63, 3.8) is 0 Å². The normalized spacial score (nSPS) is 21.7. The van der Waals surface area contributed by atoms with Gasteiger partial charge in [0.25, 0.3) is 0 Å². The molecule has 3 rings (SSSR count). The summed E-state index contributed by atoms with van der Waals surface area (Å²) in [7, 11) is 0. The van der Waals surface area contributed by atoms with E-state index in [4.69, 9.17) is 0 Å². The Morgan fingerprint density at radius 2 is 1.71 bits per heavy atom. The summed E-state index contributed by atoms with van der Waals surface area (Å²) >= 11 is 0. The van der Waals surface area contributed by atoms with Crippen LogP contribution in [0.5, 0.6) is 0 Å². The molecule has 0 N–H and O–H groups in total. The van der Waals surface area contributed by atoms with Gasteiger partial charge in [0.1, 0.15) is 5.82 Å². The predicted octanol–water partition coefficient (Wildman–Crippen LogP) is 6.20. The van der Waals surface area contributed by atoms with Crippen LogP contribution in [0, 0.1) is 11.7 Å². The minimum atomic E-state index is -4.68. The number of hydrogen-bond acceptors (Lipinski definition) is 1. The van der Waals surface area contributed by atoms with Gasteiger partial charge in [0, 0.05) is 11.8 Å². The molecule has 0 spiro atoms. The molecule has 2 aromatic rings. The first-order chi connectivity index (χ1) is 11.3. The van der Waals surface area contributed by atoms with Gasteiger partial charge < -0.3 is 0 Å². The van der Waals surface area contributed by atoms with Gasteiger partial charge >= 0.3 is 6.18 Å². The number of halogens is 4. The van der Waals surface area contributed by atoms with Gasteiger partial charge in [0.15, 0.2) is 0 Å². The van der Waals surface area contributed by atoms with Gasteiger partial charge in [-0.1, -0.05) is 31.9 Å². The summed E-state index contributed by atoms with van der Waals surface area (Å²) in [4.78, 5) is 4.33. The highest BCUT2D eigenvalue weighted by atomic mass is 19.4.